The van der Waals surface area contributed by atoms with Gasteiger partial charge in [0.05, 0.1) is 22.8 Å². The Hall–Kier alpha value is -2.67. The molecule has 0 saturated carbocycles. The number of morpholine rings is 1. The highest BCUT2D eigenvalue weighted by molar-refractivity contribution is 7.89. The van der Waals surface area contributed by atoms with Gasteiger partial charge in [-0.3, -0.25) is 4.79 Å². The number of hydrogen-bond donors (Lipinski definition) is 0. The molecule has 3 aromatic rings. The summed E-state index contributed by atoms with van der Waals surface area (Å²) in [7, 11) is -3.62. The average molecular weight is 509 g/mol. The number of rotatable bonds is 4. The number of nitrogens with zero attached hydrogens (tertiary/aromatic N) is 4. The highest BCUT2D eigenvalue weighted by Gasteiger charge is 2.28. The van der Waals surface area contributed by atoms with E-state index in [-0.39, 0.29) is 16.3 Å². The van der Waals surface area contributed by atoms with Gasteiger partial charge in [-0.1, -0.05) is 11.3 Å². The number of ether oxygens (including phenoxy) is 1. The summed E-state index contributed by atoms with van der Waals surface area (Å²) in [5.41, 5.74) is 0.555. The van der Waals surface area contributed by atoms with Crippen molar-refractivity contribution in [2.45, 2.75) is 4.90 Å². The Morgan fingerprint density at radius 1 is 0.971 bits per heavy atom. The van der Waals surface area contributed by atoms with E-state index in [4.69, 9.17) is 4.74 Å². The first kappa shape index (κ1) is 23.1. The Balaban J connectivity index is 1.24. The number of anilines is 1. The van der Waals surface area contributed by atoms with Crippen LogP contribution in [0.25, 0.3) is 10.2 Å². The predicted molar refractivity (Wildman–Crippen MR) is 124 cm³/mol. The molecular weight excluding hydrogens is 486 g/mol. The number of amides is 1. The molecule has 0 radical (unpaired) electrons. The molecule has 1 aromatic heterocycles. The summed E-state index contributed by atoms with van der Waals surface area (Å²) in [5.74, 6) is -1.52. The van der Waals surface area contributed by atoms with Crippen molar-refractivity contribution < 1.29 is 26.7 Å². The zero-order valence-corrected chi connectivity index (χ0v) is 19.7. The first-order valence-electron chi connectivity index (χ1n) is 10.8. The Labute approximate surface area is 199 Å². The van der Waals surface area contributed by atoms with Gasteiger partial charge in [-0.25, -0.2) is 22.2 Å². The number of carbonyl (C=O) groups is 1. The largest absolute Gasteiger partial charge is 0.379 e. The fourth-order valence-electron chi connectivity index (χ4n) is 4.07. The fraction of sp³-hybridized carbons (Fsp3) is 0.364. The average Bonchev–Trinajstić information content (AvgIpc) is 3.29. The van der Waals surface area contributed by atoms with Gasteiger partial charge in [-0.05, 0) is 30.3 Å². The van der Waals surface area contributed by atoms with Gasteiger partial charge in [0.15, 0.2) is 10.9 Å². The lowest BCUT2D eigenvalue weighted by Crippen LogP contribution is -2.48. The minimum Gasteiger partial charge on any atom is -0.379 e. The van der Waals surface area contributed by atoms with Crippen molar-refractivity contribution in [3.05, 3.63) is 53.6 Å². The van der Waals surface area contributed by atoms with Crippen LogP contribution in [0.1, 0.15) is 10.4 Å². The molecule has 5 rings (SSSR count). The SMILES string of the molecule is O=C(c1ccc(S(=O)(=O)N2CCOCC2)cc1)N1CCN(c2nc3c(F)cc(F)cc3s2)CC1. The van der Waals surface area contributed by atoms with E-state index in [2.05, 4.69) is 4.98 Å². The van der Waals surface area contributed by atoms with Gasteiger partial charge >= 0.3 is 0 Å². The topological polar surface area (TPSA) is 83.0 Å². The van der Waals surface area contributed by atoms with E-state index in [1.165, 1.54) is 46.0 Å². The van der Waals surface area contributed by atoms with Crippen LogP contribution in [0.2, 0.25) is 0 Å². The van der Waals surface area contributed by atoms with Crippen LogP contribution in [0.3, 0.4) is 0 Å². The highest BCUT2D eigenvalue weighted by atomic mass is 32.2. The van der Waals surface area contributed by atoms with E-state index in [9.17, 15) is 22.0 Å². The van der Waals surface area contributed by atoms with Gasteiger partial charge in [-0.2, -0.15) is 4.31 Å². The van der Waals surface area contributed by atoms with Crippen LogP contribution in [-0.4, -0.2) is 81.0 Å². The van der Waals surface area contributed by atoms with Crippen molar-refractivity contribution in [2.24, 2.45) is 0 Å². The van der Waals surface area contributed by atoms with E-state index in [1.807, 2.05) is 4.90 Å². The molecule has 0 spiro atoms. The van der Waals surface area contributed by atoms with Gasteiger partial charge < -0.3 is 14.5 Å². The predicted octanol–water partition coefficient (Wildman–Crippen LogP) is 2.56. The summed E-state index contributed by atoms with van der Waals surface area (Å²) in [4.78, 5) is 21.0. The van der Waals surface area contributed by atoms with Gasteiger partial charge in [0.2, 0.25) is 10.0 Å². The molecule has 0 bridgehead atoms. The van der Waals surface area contributed by atoms with Gasteiger partial charge in [0.1, 0.15) is 11.3 Å². The third-order valence-electron chi connectivity index (χ3n) is 5.95. The van der Waals surface area contributed by atoms with Crippen LogP contribution in [-0.2, 0) is 14.8 Å². The number of piperazine rings is 1. The molecule has 8 nitrogen and oxygen atoms in total. The molecule has 2 fully saturated rings. The third-order valence-corrected chi connectivity index (χ3v) is 8.92. The number of hydrogen-bond acceptors (Lipinski definition) is 7. The van der Waals surface area contributed by atoms with Crippen molar-refractivity contribution in [2.75, 3.05) is 57.4 Å². The summed E-state index contributed by atoms with van der Waals surface area (Å²) in [6, 6.07) is 8.08. The zero-order chi connectivity index (χ0) is 23.9. The van der Waals surface area contributed by atoms with E-state index >= 15 is 0 Å². The number of halogens is 2. The lowest BCUT2D eigenvalue weighted by Gasteiger charge is -2.34. The quantitative estimate of drug-likeness (QED) is 0.539. The molecule has 0 aliphatic carbocycles. The summed E-state index contributed by atoms with van der Waals surface area (Å²) < 4.78 is 60.0. The summed E-state index contributed by atoms with van der Waals surface area (Å²) in [6.07, 6.45) is 0. The summed E-state index contributed by atoms with van der Waals surface area (Å²) in [5, 5.41) is 0.587. The second-order valence-corrected chi connectivity index (χ2v) is 11.0. The van der Waals surface area contributed by atoms with Crippen LogP contribution in [0, 0.1) is 11.6 Å². The molecule has 180 valence electrons. The maximum absolute atomic E-state index is 14.0. The van der Waals surface area contributed by atoms with E-state index in [1.54, 1.807) is 4.90 Å². The van der Waals surface area contributed by atoms with E-state index < -0.39 is 21.7 Å². The van der Waals surface area contributed by atoms with Crippen LogP contribution >= 0.6 is 11.3 Å². The normalized spacial score (nSPS) is 17.9. The maximum atomic E-state index is 14.0. The van der Waals surface area contributed by atoms with E-state index in [0.717, 1.165) is 6.07 Å². The molecule has 0 N–H and O–H groups in total. The van der Waals surface area contributed by atoms with Gasteiger partial charge in [0, 0.05) is 50.9 Å². The molecule has 0 atom stereocenters. The summed E-state index contributed by atoms with van der Waals surface area (Å²) in [6.45, 7) is 3.21. The Morgan fingerprint density at radius 3 is 2.32 bits per heavy atom. The second kappa shape index (κ2) is 9.17. The first-order chi connectivity index (χ1) is 16.3. The molecule has 3 heterocycles. The van der Waals surface area contributed by atoms with Crippen molar-refractivity contribution in [1.82, 2.24) is 14.2 Å². The number of aromatic nitrogens is 1. The molecule has 0 unspecified atom stereocenters. The molecule has 2 saturated heterocycles. The minimum absolute atomic E-state index is 0.145. The first-order valence-corrected chi connectivity index (χ1v) is 13.1. The fourth-order valence-corrected chi connectivity index (χ4v) is 6.53. The Kier molecular flexibility index (Phi) is 6.23. The molecule has 12 heteroatoms. The molecular formula is C22H22F2N4O4S2. The second-order valence-electron chi connectivity index (χ2n) is 8.05. The third kappa shape index (κ3) is 4.38. The molecule has 2 aromatic carbocycles. The number of sulfonamides is 1. The standard InChI is InChI=1S/C22H22F2N4O4S2/c23-16-13-18(24)20-19(14-16)33-22(25-20)27-7-5-26(6-8-27)21(29)15-1-3-17(4-2-15)34(30,31)28-9-11-32-12-10-28/h1-4,13-14H,5-12H2. The summed E-state index contributed by atoms with van der Waals surface area (Å²) >= 11 is 1.22. The Morgan fingerprint density at radius 2 is 1.65 bits per heavy atom. The molecule has 2 aliphatic rings. The van der Waals surface area contributed by atoms with Gasteiger partial charge in [0.25, 0.3) is 5.91 Å². The van der Waals surface area contributed by atoms with E-state index in [0.29, 0.717) is 67.9 Å². The van der Waals surface area contributed by atoms with Crippen LogP contribution < -0.4 is 4.90 Å². The van der Waals surface area contributed by atoms with Crippen molar-refractivity contribution in [1.29, 1.82) is 0 Å². The van der Waals surface area contributed by atoms with Crippen molar-refractivity contribution >= 4 is 42.6 Å². The molecule has 1 amide bonds. The lowest BCUT2D eigenvalue weighted by molar-refractivity contribution is 0.0730. The van der Waals surface area contributed by atoms with Crippen LogP contribution in [0.4, 0.5) is 13.9 Å². The lowest BCUT2D eigenvalue weighted by atomic mass is 10.2. The Bertz CT molecular complexity index is 1320. The van der Waals surface area contributed by atoms with Crippen molar-refractivity contribution in [3.63, 3.8) is 0 Å². The maximum Gasteiger partial charge on any atom is 0.253 e. The zero-order valence-electron chi connectivity index (χ0n) is 18.1. The number of thiazole rings is 1. The number of carbonyl (C=O) groups excluding carboxylic acids is 1. The monoisotopic (exact) mass is 508 g/mol. The molecule has 34 heavy (non-hydrogen) atoms. The highest BCUT2D eigenvalue weighted by Crippen LogP contribution is 2.31. The number of benzene rings is 2. The minimum atomic E-state index is -3.62. The van der Waals surface area contributed by atoms with Crippen LogP contribution in [0.15, 0.2) is 41.3 Å². The van der Waals surface area contributed by atoms with Crippen molar-refractivity contribution in [3.8, 4) is 0 Å². The van der Waals surface area contributed by atoms with Crippen LogP contribution in [0.5, 0.6) is 0 Å². The smallest absolute Gasteiger partial charge is 0.253 e. The number of fused-ring (bicyclic) bond motifs is 1. The molecule has 2 aliphatic heterocycles. The van der Waals surface area contributed by atoms with Gasteiger partial charge in [-0.15, -0.1) is 0 Å².